The summed E-state index contributed by atoms with van der Waals surface area (Å²) in [4.78, 5) is 24.6. The molecule has 0 amide bonds. The molecule has 0 saturated heterocycles. The highest BCUT2D eigenvalue weighted by molar-refractivity contribution is 14.1. The molecule has 1 aliphatic rings. The van der Waals surface area contributed by atoms with E-state index in [1.54, 1.807) is 36.4 Å². The highest BCUT2D eigenvalue weighted by atomic mass is 127. The van der Waals surface area contributed by atoms with Crippen LogP contribution in [-0.2, 0) is 0 Å². The van der Waals surface area contributed by atoms with Crippen LogP contribution in [0, 0.1) is 3.57 Å². The third kappa shape index (κ3) is 1.45. The predicted octanol–water partition coefficient (Wildman–Crippen LogP) is 3.07. The van der Waals surface area contributed by atoms with Crippen molar-refractivity contribution in [1.29, 1.82) is 0 Å². The minimum Gasteiger partial charge on any atom is -0.289 e. The Morgan fingerprint density at radius 1 is 0.706 bits per heavy atom. The van der Waals surface area contributed by atoms with Gasteiger partial charge in [-0.2, -0.15) is 0 Å². The number of benzene rings is 2. The second-order valence-corrected chi connectivity index (χ2v) is 5.03. The molecule has 0 aromatic heterocycles. The summed E-state index contributed by atoms with van der Waals surface area (Å²) in [6.45, 7) is 0. The molecule has 17 heavy (non-hydrogen) atoms. The van der Waals surface area contributed by atoms with Crippen molar-refractivity contribution in [2.45, 2.75) is 0 Å². The third-order valence-electron chi connectivity index (χ3n) is 2.90. The van der Waals surface area contributed by atoms with E-state index in [9.17, 15) is 9.59 Å². The molecule has 82 valence electrons. The summed E-state index contributed by atoms with van der Waals surface area (Å²) in [5.41, 5.74) is 2.07. The van der Waals surface area contributed by atoms with Crippen LogP contribution in [0.1, 0.15) is 31.8 Å². The van der Waals surface area contributed by atoms with Crippen molar-refractivity contribution >= 4 is 34.2 Å². The molecule has 0 atom stereocenters. The van der Waals surface area contributed by atoms with Crippen molar-refractivity contribution < 1.29 is 9.59 Å². The van der Waals surface area contributed by atoms with Crippen LogP contribution in [0.5, 0.6) is 0 Å². The summed E-state index contributed by atoms with van der Waals surface area (Å²) >= 11 is 2.09. The zero-order chi connectivity index (χ0) is 12.0. The predicted molar refractivity (Wildman–Crippen MR) is 72.5 cm³/mol. The number of halogens is 1. The smallest absolute Gasteiger partial charge is 0.195 e. The third-order valence-corrected chi connectivity index (χ3v) is 3.80. The van der Waals surface area contributed by atoms with Gasteiger partial charge in [-0.3, -0.25) is 9.59 Å². The number of rotatable bonds is 0. The monoisotopic (exact) mass is 334 g/mol. The fraction of sp³-hybridized carbons (Fsp3) is 0. The number of fused-ring (bicyclic) bond motifs is 2. The Bertz CT molecular complexity index is 659. The molecule has 2 nitrogen and oxygen atoms in total. The van der Waals surface area contributed by atoms with E-state index in [0.29, 0.717) is 22.3 Å². The average Bonchev–Trinajstić information content (AvgIpc) is 2.36. The van der Waals surface area contributed by atoms with Crippen LogP contribution in [0.25, 0.3) is 0 Å². The summed E-state index contributed by atoms with van der Waals surface area (Å²) in [6, 6.07) is 12.3. The standard InChI is InChI=1S/C14H7IO2/c15-11-7-3-6-10-12(11)14(17)9-5-2-1-4-8(9)13(10)16/h1-7H. The van der Waals surface area contributed by atoms with Gasteiger partial charge in [-0.25, -0.2) is 0 Å². The minimum atomic E-state index is -0.0614. The first-order chi connectivity index (χ1) is 8.20. The molecule has 2 aromatic rings. The van der Waals surface area contributed by atoms with Gasteiger partial charge in [0.05, 0.1) is 0 Å². The molecular formula is C14H7IO2. The van der Waals surface area contributed by atoms with Crippen LogP contribution in [-0.4, -0.2) is 11.6 Å². The fourth-order valence-electron chi connectivity index (χ4n) is 2.10. The molecule has 0 bridgehead atoms. The lowest BCUT2D eigenvalue weighted by Crippen LogP contribution is -2.21. The van der Waals surface area contributed by atoms with E-state index >= 15 is 0 Å². The molecule has 1 aliphatic carbocycles. The van der Waals surface area contributed by atoms with Gasteiger partial charge in [0.2, 0.25) is 0 Å². The fourth-order valence-corrected chi connectivity index (χ4v) is 2.85. The van der Waals surface area contributed by atoms with Crippen LogP contribution < -0.4 is 0 Å². The Morgan fingerprint density at radius 2 is 1.29 bits per heavy atom. The van der Waals surface area contributed by atoms with Crippen LogP contribution in [0.2, 0.25) is 0 Å². The quantitative estimate of drug-likeness (QED) is 0.592. The molecule has 0 aliphatic heterocycles. The Morgan fingerprint density at radius 3 is 2.00 bits per heavy atom. The summed E-state index contributed by atoms with van der Waals surface area (Å²) < 4.78 is 0.827. The van der Waals surface area contributed by atoms with Crippen LogP contribution in [0.4, 0.5) is 0 Å². The summed E-state index contributed by atoms with van der Waals surface area (Å²) in [5.74, 6) is -0.117. The number of hydrogen-bond acceptors (Lipinski definition) is 2. The van der Waals surface area contributed by atoms with Crippen molar-refractivity contribution in [3.63, 3.8) is 0 Å². The Balaban J connectivity index is 2.37. The van der Waals surface area contributed by atoms with Crippen LogP contribution in [0.3, 0.4) is 0 Å². The van der Waals surface area contributed by atoms with Gasteiger partial charge in [0.25, 0.3) is 0 Å². The van der Waals surface area contributed by atoms with Crippen molar-refractivity contribution in [2.24, 2.45) is 0 Å². The van der Waals surface area contributed by atoms with E-state index in [-0.39, 0.29) is 11.6 Å². The van der Waals surface area contributed by atoms with Crippen LogP contribution in [0.15, 0.2) is 42.5 Å². The van der Waals surface area contributed by atoms with Crippen molar-refractivity contribution in [3.8, 4) is 0 Å². The summed E-state index contributed by atoms with van der Waals surface area (Å²) in [6.07, 6.45) is 0. The lowest BCUT2D eigenvalue weighted by molar-refractivity contribution is 0.0978. The topological polar surface area (TPSA) is 34.1 Å². The first-order valence-electron chi connectivity index (χ1n) is 5.17. The molecule has 0 unspecified atom stereocenters. The van der Waals surface area contributed by atoms with E-state index in [1.807, 2.05) is 6.07 Å². The van der Waals surface area contributed by atoms with Gasteiger partial charge in [0.1, 0.15) is 0 Å². The van der Waals surface area contributed by atoms with Gasteiger partial charge >= 0.3 is 0 Å². The van der Waals surface area contributed by atoms with Gasteiger partial charge in [-0.15, -0.1) is 0 Å². The maximum Gasteiger partial charge on any atom is 0.195 e. The number of carbonyl (C=O) groups is 2. The molecule has 0 radical (unpaired) electrons. The highest BCUT2D eigenvalue weighted by Gasteiger charge is 2.30. The molecule has 0 fully saturated rings. The molecule has 0 N–H and O–H groups in total. The minimum absolute atomic E-state index is 0.0554. The average molecular weight is 334 g/mol. The molecule has 0 heterocycles. The number of hydrogen-bond donors (Lipinski definition) is 0. The van der Waals surface area contributed by atoms with Gasteiger partial charge in [-0.05, 0) is 28.7 Å². The Kier molecular flexibility index (Phi) is 2.36. The van der Waals surface area contributed by atoms with E-state index < -0.39 is 0 Å². The second kappa shape index (κ2) is 3.77. The number of ketones is 2. The first-order valence-corrected chi connectivity index (χ1v) is 6.25. The number of carbonyl (C=O) groups excluding carboxylic acids is 2. The lowest BCUT2D eigenvalue weighted by atomic mass is 9.84. The molecule has 3 heteroatoms. The van der Waals surface area contributed by atoms with E-state index in [2.05, 4.69) is 22.6 Å². The van der Waals surface area contributed by atoms with E-state index in [4.69, 9.17) is 0 Å². The van der Waals surface area contributed by atoms with Crippen LogP contribution >= 0.6 is 22.6 Å². The summed E-state index contributed by atoms with van der Waals surface area (Å²) in [7, 11) is 0. The van der Waals surface area contributed by atoms with Crippen molar-refractivity contribution in [3.05, 3.63) is 68.3 Å². The first kappa shape index (κ1) is 10.7. The zero-order valence-electron chi connectivity index (χ0n) is 8.74. The highest BCUT2D eigenvalue weighted by Crippen LogP contribution is 2.29. The van der Waals surface area contributed by atoms with Crippen molar-refractivity contribution in [1.82, 2.24) is 0 Å². The summed E-state index contributed by atoms with van der Waals surface area (Å²) in [5, 5.41) is 0. The van der Waals surface area contributed by atoms with Gasteiger partial charge < -0.3 is 0 Å². The normalized spacial score (nSPS) is 13.2. The molecule has 0 saturated carbocycles. The largest absolute Gasteiger partial charge is 0.289 e. The second-order valence-electron chi connectivity index (χ2n) is 3.87. The molecule has 2 aromatic carbocycles. The van der Waals surface area contributed by atoms with Gasteiger partial charge in [0.15, 0.2) is 11.6 Å². The van der Waals surface area contributed by atoms with Gasteiger partial charge in [0, 0.05) is 25.8 Å². The SMILES string of the molecule is O=C1c2ccccc2C(=O)c2c(I)cccc21. The Labute approximate surface area is 112 Å². The molecule has 3 rings (SSSR count). The van der Waals surface area contributed by atoms with Crippen molar-refractivity contribution in [2.75, 3.05) is 0 Å². The zero-order valence-corrected chi connectivity index (χ0v) is 10.9. The van der Waals surface area contributed by atoms with E-state index in [1.165, 1.54) is 0 Å². The molecule has 0 spiro atoms. The maximum absolute atomic E-state index is 12.3. The van der Waals surface area contributed by atoms with Gasteiger partial charge in [-0.1, -0.05) is 36.4 Å². The Hall–Kier alpha value is -1.49. The lowest BCUT2D eigenvalue weighted by Gasteiger charge is -2.17. The maximum atomic E-state index is 12.3. The molecular weight excluding hydrogens is 327 g/mol. The van der Waals surface area contributed by atoms with E-state index in [0.717, 1.165) is 3.57 Å².